The van der Waals surface area contributed by atoms with Gasteiger partial charge in [0.05, 0.1) is 6.10 Å². The summed E-state index contributed by atoms with van der Waals surface area (Å²) in [4.78, 5) is 6.71. The van der Waals surface area contributed by atoms with Gasteiger partial charge in [0.25, 0.3) is 0 Å². The topological polar surface area (TPSA) is 66.1 Å². The van der Waals surface area contributed by atoms with Crippen molar-refractivity contribution in [3.05, 3.63) is 59.7 Å². The molecule has 2 heterocycles. The van der Waals surface area contributed by atoms with E-state index in [9.17, 15) is 0 Å². The maximum Gasteiger partial charge on any atom is 0.208 e. The van der Waals surface area contributed by atoms with Crippen LogP contribution in [0.4, 0.5) is 5.69 Å². The molecule has 0 radical (unpaired) electrons. The summed E-state index contributed by atoms with van der Waals surface area (Å²) < 4.78 is 6.18. The van der Waals surface area contributed by atoms with Gasteiger partial charge in [-0.25, -0.2) is 4.98 Å². The molecule has 3 aromatic rings. The second kappa shape index (κ2) is 8.98. The molecule has 7 heteroatoms. The second-order valence-electron chi connectivity index (χ2n) is 7.36. The first kappa shape index (κ1) is 19.9. The molecule has 6 nitrogen and oxygen atoms in total. The van der Waals surface area contributed by atoms with E-state index >= 15 is 0 Å². The summed E-state index contributed by atoms with van der Waals surface area (Å²) in [5.74, 6) is 1.62. The molecule has 0 amide bonds. The van der Waals surface area contributed by atoms with Crippen LogP contribution in [0.1, 0.15) is 24.3 Å². The number of H-pyrrole nitrogens is 1. The number of aromatic amines is 1. The third-order valence-corrected chi connectivity index (χ3v) is 6.05. The van der Waals surface area contributed by atoms with E-state index in [-0.39, 0.29) is 12.3 Å². The number of rotatable bonds is 7. The lowest BCUT2D eigenvalue weighted by Gasteiger charge is -2.16. The Bertz CT molecular complexity index is 923. The van der Waals surface area contributed by atoms with Gasteiger partial charge >= 0.3 is 0 Å². The van der Waals surface area contributed by atoms with E-state index in [2.05, 4.69) is 80.9 Å². The lowest BCUT2D eigenvalue weighted by atomic mass is 10.1. The summed E-state index contributed by atoms with van der Waals surface area (Å²) in [5, 5.41) is 11.6. The summed E-state index contributed by atoms with van der Waals surface area (Å²) in [5.41, 5.74) is 4.71. The van der Waals surface area contributed by atoms with Crippen LogP contribution in [-0.4, -0.2) is 47.7 Å². The largest absolute Gasteiger partial charge is 0.378 e. The quantitative estimate of drug-likeness (QED) is 0.578. The molecule has 1 saturated heterocycles. The predicted octanol–water partition coefficient (Wildman–Crippen LogP) is 3.88. The highest BCUT2D eigenvalue weighted by molar-refractivity contribution is 7.99. The van der Waals surface area contributed by atoms with Crippen LogP contribution in [0.15, 0.2) is 53.7 Å². The van der Waals surface area contributed by atoms with Gasteiger partial charge in [0, 0.05) is 37.6 Å². The fourth-order valence-corrected chi connectivity index (χ4v) is 4.07. The first-order valence-electron chi connectivity index (χ1n) is 9.93. The van der Waals surface area contributed by atoms with Crippen LogP contribution in [-0.2, 0) is 11.2 Å². The van der Waals surface area contributed by atoms with Crippen molar-refractivity contribution in [2.24, 2.45) is 0 Å². The lowest BCUT2D eigenvalue weighted by Crippen LogP contribution is -2.17. The zero-order chi connectivity index (χ0) is 20.2. The molecule has 0 bridgehead atoms. The molecule has 1 fully saturated rings. The molecule has 1 aliphatic rings. The highest BCUT2D eigenvalue weighted by Crippen LogP contribution is 2.27. The maximum atomic E-state index is 6.18. The van der Waals surface area contributed by atoms with E-state index in [0.29, 0.717) is 0 Å². The van der Waals surface area contributed by atoms with Crippen LogP contribution in [0.5, 0.6) is 0 Å². The van der Waals surface area contributed by atoms with Crippen LogP contribution >= 0.6 is 11.8 Å². The SMILES string of the molecule is CCc1ccc(-c2nc(SC[C@@H]3CN[C@H](c4ccc(N(C)C)cc4)O3)n[nH]2)cc1. The number of aromatic nitrogens is 3. The Kier molecular flexibility index (Phi) is 6.18. The first-order valence-corrected chi connectivity index (χ1v) is 10.9. The van der Waals surface area contributed by atoms with Gasteiger partial charge in [0.1, 0.15) is 6.23 Å². The van der Waals surface area contributed by atoms with E-state index in [1.165, 1.54) is 11.3 Å². The van der Waals surface area contributed by atoms with Gasteiger partial charge in [-0.2, -0.15) is 0 Å². The highest BCUT2D eigenvalue weighted by atomic mass is 32.2. The Hall–Kier alpha value is -2.35. The monoisotopic (exact) mass is 409 g/mol. The van der Waals surface area contributed by atoms with Crippen molar-refractivity contribution in [1.82, 2.24) is 20.5 Å². The minimum atomic E-state index is -0.0587. The minimum Gasteiger partial charge on any atom is -0.378 e. The van der Waals surface area contributed by atoms with Crippen molar-refractivity contribution in [2.45, 2.75) is 30.8 Å². The molecule has 0 unspecified atom stereocenters. The van der Waals surface area contributed by atoms with Gasteiger partial charge in [0.15, 0.2) is 5.82 Å². The van der Waals surface area contributed by atoms with E-state index < -0.39 is 0 Å². The van der Waals surface area contributed by atoms with Crippen molar-refractivity contribution in [2.75, 3.05) is 31.3 Å². The van der Waals surface area contributed by atoms with Gasteiger partial charge in [-0.1, -0.05) is 55.1 Å². The van der Waals surface area contributed by atoms with E-state index in [1.54, 1.807) is 11.8 Å². The predicted molar refractivity (Wildman–Crippen MR) is 118 cm³/mol. The Balaban J connectivity index is 1.30. The third kappa shape index (κ3) is 4.80. The van der Waals surface area contributed by atoms with Gasteiger partial charge in [0.2, 0.25) is 5.16 Å². The number of anilines is 1. The van der Waals surface area contributed by atoms with Gasteiger partial charge in [-0.15, -0.1) is 5.10 Å². The molecule has 2 aromatic carbocycles. The molecule has 152 valence electrons. The molecule has 0 spiro atoms. The number of benzene rings is 2. The number of nitrogens with zero attached hydrogens (tertiary/aromatic N) is 3. The molecule has 2 atom stereocenters. The first-order chi connectivity index (χ1) is 14.1. The van der Waals surface area contributed by atoms with Crippen molar-refractivity contribution in [3.63, 3.8) is 0 Å². The third-order valence-electron chi connectivity index (χ3n) is 5.07. The fraction of sp³-hybridized carbons (Fsp3) is 0.364. The molecule has 1 aromatic heterocycles. The van der Waals surface area contributed by atoms with Crippen molar-refractivity contribution in [1.29, 1.82) is 0 Å². The number of thioether (sulfide) groups is 1. The summed E-state index contributed by atoms with van der Waals surface area (Å²) in [7, 11) is 4.09. The molecular formula is C22H27N5OS. The Morgan fingerprint density at radius 2 is 1.86 bits per heavy atom. The zero-order valence-electron chi connectivity index (χ0n) is 17.1. The van der Waals surface area contributed by atoms with Crippen molar-refractivity contribution >= 4 is 17.4 Å². The highest BCUT2D eigenvalue weighted by Gasteiger charge is 2.26. The van der Waals surface area contributed by atoms with Crippen LogP contribution in [0, 0.1) is 0 Å². The molecule has 0 saturated carbocycles. The lowest BCUT2D eigenvalue weighted by molar-refractivity contribution is 0.0534. The van der Waals surface area contributed by atoms with Crippen LogP contribution in [0.2, 0.25) is 0 Å². The zero-order valence-corrected chi connectivity index (χ0v) is 17.9. The molecular weight excluding hydrogens is 382 g/mol. The number of nitrogens with one attached hydrogen (secondary N) is 2. The molecule has 4 rings (SSSR count). The summed E-state index contributed by atoms with van der Waals surface area (Å²) in [6, 6.07) is 16.9. The average molecular weight is 410 g/mol. The fourth-order valence-electron chi connectivity index (χ4n) is 3.27. The number of aryl methyl sites for hydroxylation is 1. The van der Waals surface area contributed by atoms with E-state index in [4.69, 9.17) is 4.74 Å². The van der Waals surface area contributed by atoms with Crippen molar-refractivity contribution in [3.8, 4) is 11.4 Å². The Morgan fingerprint density at radius 1 is 1.10 bits per heavy atom. The molecule has 1 aliphatic heterocycles. The van der Waals surface area contributed by atoms with Gasteiger partial charge < -0.3 is 9.64 Å². The Morgan fingerprint density at radius 3 is 2.55 bits per heavy atom. The molecule has 29 heavy (non-hydrogen) atoms. The summed E-state index contributed by atoms with van der Waals surface area (Å²) in [6.45, 7) is 2.98. The van der Waals surface area contributed by atoms with E-state index in [0.717, 1.165) is 40.8 Å². The molecule has 2 N–H and O–H groups in total. The number of hydrogen-bond acceptors (Lipinski definition) is 6. The van der Waals surface area contributed by atoms with Crippen molar-refractivity contribution < 1.29 is 4.74 Å². The smallest absolute Gasteiger partial charge is 0.208 e. The molecule has 0 aliphatic carbocycles. The van der Waals surface area contributed by atoms with E-state index in [1.807, 2.05) is 14.1 Å². The van der Waals surface area contributed by atoms with Crippen LogP contribution in [0.25, 0.3) is 11.4 Å². The average Bonchev–Trinajstić information content (AvgIpc) is 3.42. The van der Waals surface area contributed by atoms with Gasteiger partial charge in [-0.05, 0) is 29.7 Å². The summed E-state index contributed by atoms with van der Waals surface area (Å²) >= 11 is 1.62. The maximum absolute atomic E-state index is 6.18. The minimum absolute atomic E-state index is 0.0587. The summed E-state index contributed by atoms with van der Waals surface area (Å²) in [6.07, 6.45) is 1.11. The van der Waals surface area contributed by atoms with Crippen LogP contribution < -0.4 is 10.2 Å². The number of ether oxygens (including phenoxy) is 1. The van der Waals surface area contributed by atoms with Gasteiger partial charge in [-0.3, -0.25) is 10.4 Å². The standard InChI is InChI=1S/C22H27N5OS/c1-4-15-5-7-16(8-6-15)20-24-22(26-25-20)29-14-19-13-23-21(28-19)17-9-11-18(12-10-17)27(2)3/h5-12,19,21,23H,4,13-14H2,1-3H3,(H,24,25,26)/t19-,21-/m0/s1. The second-order valence-corrected chi connectivity index (χ2v) is 8.35. The normalized spacial score (nSPS) is 18.9. The number of hydrogen-bond donors (Lipinski definition) is 2. The van der Waals surface area contributed by atoms with Crippen LogP contribution in [0.3, 0.4) is 0 Å². The Labute approximate surface area is 176 Å².